The van der Waals surface area contributed by atoms with Crippen LogP contribution in [0.5, 0.6) is 0 Å². The monoisotopic (exact) mass is 330 g/mol. The zero-order valence-electron chi connectivity index (χ0n) is 10.5. The van der Waals surface area contributed by atoms with Crippen LogP contribution in [0.3, 0.4) is 0 Å². The van der Waals surface area contributed by atoms with Crippen LogP contribution < -0.4 is 0 Å². The molecule has 0 aromatic carbocycles. The van der Waals surface area contributed by atoms with Crippen molar-refractivity contribution < 1.29 is 0 Å². The summed E-state index contributed by atoms with van der Waals surface area (Å²) in [6.07, 6.45) is 12.2. The topological polar surface area (TPSA) is 0 Å². The van der Waals surface area contributed by atoms with Gasteiger partial charge < -0.3 is 0 Å². The normalized spacial score (nSPS) is 30.5. The van der Waals surface area contributed by atoms with Crippen molar-refractivity contribution in [3.63, 3.8) is 0 Å². The van der Waals surface area contributed by atoms with E-state index in [1.165, 1.54) is 31.7 Å². The van der Waals surface area contributed by atoms with Gasteiger partial charge in [-0.2, -0.15) is 0 Å². The molecule has 1 aliphatic carbocycles. The van der Waals surface area contributed by atoms with Crippen LogP contribution in [0, 0.1) is 5.92 Å². The SMILES string of the molecule is C=I1(CC2=C[C@@H](C)C(C)=CC=C2)CCCC1. The Hall–Kier alpha value is -0.180. The molecule has 0 amide bonds. The van der Waals surface area contributed by atoms with Gasteiger partial charge in [0.15, 0.2) is 0 Å². The third-order valence-corrected chi connectivity index (χ3v) is 12.2. The van der Waals surface area contributed by atoms with E-state index in [4.69, 9.17) is 0 Å². The molecule has 2 rings (SSSR count). The van der Waals surface area contributed by atoms with Crippen LogP contribution >= 0.6 is 18.0 Å². The Kier molecular flexibility index (Phi) is 3.83. The van der Waals surface area contributed by atoms with Crippen molar-refractivity contribution in [3.8, 4) is 0 Å². The van der Waals surface area contributed by atoms with Crippen LogP contribution in [0.25, 0.3) is 0 Å². The fourth-order valence-electron chi connectivity index (χ4n) is 2.38. The number of hydrogen-bond donors (Lipinski definition) is 0. The quantitative estimate of drug-likeness (QED) is 0.522. The Morgan fingerprint density at radius 2 is 2.06 bits per heavy atom. The molecule has 1 heterocycles. The Morgan fingerprint density at radius 1 is 1.38 bits per heavy atom. The molecular formula is C15H23I. The molecule has 16 heavy (non-hydrogen) atoms. The Morgan fingerprint density at radius 3 is 2.75 bits per heavy atom. The molecule has 0 N–H and O–H groups in total. The second kappa shape index (κ2) is 4.99. The van der Waals surface area contributed by atoms with Gasteiger partial charge in [-0.1, -0.05) is 0 Å². The first-order chi connectivity index (χ1) is 7.59. The van der Waals surface area contributed by atoms with Crippen molar-refractivity contribution in [2.75, 3.05) is 13.3 Å². The van der Waals surface area contributed by atoms with E-state index < -0.39 is 18.0 Å². The third-order valence-electron chi connectivity index (χ3n) is 3.61. The van der Waals surface area contributed by atoms with Gasteiger partial charge in [-0.15, -0.1) is 0 Å². The van der Waals surface area contributed by atoms with E-state index in [1.807, 2.05) is 0 Å². The molecule has 0 nitrogen and oxygen atoms in total. The molecule has 0 saturated carbocycles. The van der Waals surface area contributed by atoms with Gasteiger partial charge in [0.2, 0.25) is 0 Å². The average molecular weight is 330 g/mol. The Bertz CT molecular complexity index is 386. The second-order valence-electron chi connectivity index (χ2n) is 5.15. The van der Waals surface area contributed by atoms with Gasteiger partial charge in [0.1, 0.15) is 0 Å². The van der Waals surface area contributed by atoms with Crippen LogP contribution in [0.4, 0.5) is 0 Å². The van der Waals surface area contributed by atoms with Crippen LogP contribution in [0.2, 0.25) is 0 Å². The predicted octanol–water partition coefficient (Wildman–Crippen LogP) is 4.33. The number of halogens is 1. The van der Waals surface area contributed by atoms with Crippen LogP contribution in [0.15, 0.2) is 35.5 Å². The van der Waals surface area contributed by atoms with Crippen molar-refractivity contribution in [1.82, 2.24) is 0 Å². The molecule has 0 bridgehead atoms. The fourth-order valence-corrected chi connectivity index (χ4v) is 10.4. The Balaban J connectivity index is 2.11. The summed E-state index contributed by atoms with van der Waals surface area (Å²) < 4.78 is 8.94. The molecule has 0 unspecified atom stereocenters. The van der Waals surface area contributed by atoms with Gasteiger partial charge in [-0.05, 0) is 0 Å². The number of allylic oxidation sites excluding steroid dienone is 6. The maximum absolute atomic E-state index is 4.63. The zero-order chi connectivity index (χ0) is 11.6. The van der Waals surface area contributed by atoms with E-state index in [-0.39, 0.29) is 0 Å². The summed E-state index contributed by atoms with van der Waals surface area (Å²) in [7, 11) is 0. The van der Waals surface area contributed by atoms with Gasteiger partial charge in [0, 0.05) is 0 Å². The standard InChI is InChI=1S/C15H23I/c1-13-7-6-8-15(11-14(13)2)12-16(3)9-4-5-10-16/h6-8,11,14H,3-5,9-10,12H2,1-2H3/t14-/m1/s1. The van der Waals surface area contributed by atoms with E-state index in [2.05, 4.69) is 42.7 Å². The van der Waals surface area contributed by atoms with Crippen LogP contribution in [-0.4, -0.2) is 17.8 Å². The third kappa shape index (κ3) is 2.93. The van der Waals surface area contributed by atoms with E-state index in [9.17, 15) is 0 Å². The van der Waals surface area contributed by atoms with Crippen molar-refractivity contribution in [2.24, 2.45) is 5.92 Å². The molecule has 0 aromatic rings. The summed E-state index contributed by atoms with van der Waals surface area (Å²) in [5, 5.41) is 0. The zero-order valence-corrected chi connectivity index (χ0v) is 12.7. The first-order valence-corrected chi connectivity index (χ1v) is 12.3. The Labute approximate surface area is 104 Å². The van der Waals surface area contributed by atoms with E-state index in [0.717, 1.165) is 0 Å². The van der Waals surface area contributed by atoms with E-state index in [1.54, 1.807) is 5.57 Å². The molecule has 0 radical (unpaired) electrons. The van der Waals surface area contributed by atoms with Crippen molar-refractivity contribution >= 4 is 22.5 Å². The van der Waals surface area contributed by atoms with Gasteiger partial charge in [0.25, 0.3) is 0 Å². The van der Waals surface area contributed by atoms with Gasteiger partial charge in [-0.3, -0.25) is 0 Å². The van der Waals surface area contributed by atoms with Gasteiger partial charge in [-0.25, -0.2) is 0 Å². The minimum atomic E-state index is -1.57. The molecule has 1 heteroatoms. The van der Waals surface area contributed by atoms with Crippen molar-refractivity contribution in [1.29, 1.82) is 0 Å². The molecule has 90 valence electrons. The van der Waals surface area contributed by atoms with E-state index in [0.29, 0.717) is 5.92 Å². The number of hydrogen-bond acceptors (Lipinski definition) is 0. The fraction of sp³-hybridized carbons (Fsp3) is 0.533. The van der Waals surface area contributed by atoms with Gasteiger partial charge >= 0.3 is 104 Å². The van der Waals surface area contributed by atoms with Crippen LogP contribution in [0.1, 0.15) is 26.7 Å². The average Bonchev–Trinajstić information content (AvgIpc) is 2.57. The summed E-state index contributed by atoms with van der Waals surface area (Å²) in [6.45, 7) is 4.53. The minimum absolute atomic E-state index is 0.608. The summed E-state index contributed by atoms with van der Waals surface area (Å²) >= 11 is -1.57. The molecular weight excluding hydrogens is 307 g/mol. The van der Waals surface area contributed by atoms with Crippen LogP contribution in [-0.2, 0) is 0 Å². The summed E-state index contributed by atoms with van der Waals surface area (Å²) in [6, 6.07) is 0. The summed E-state index contributed by atoms with van der Waals surface area (Å²) in [4.78, 5) is 0. The van der Waals surface area contributed by atoms with Crippen molar-refractivity contribution in [3.05, 3.63) is 35.5 Å². The first-order valence-electron chi connectivity index (χ1n) is 6.15. The number of alkyl halides is 3. The van der Waals surface area contributed by atoms with Crippen molar-refractivity contribution in [2.45, 2.75) is 26.7 Å². The molecule has 1 aliphatic heterocycles. The summed E-state index contributed by atoms with van der Waals surface area (Å²) in [5.74, 6) is 0.608. The molecule has 1 saturated heterocycles. The summed E-state index contributed by atoms with van der Waals surface area (Å²) in [5.41, 5.74) is 3.04. The molecule has 2 aliphatic rings. The first kappa shape index (κ1) is 12.3. The van der Waals surface area contributed by atoms with Gasteiger partial charge in [0.05, 0.1) is 0 Å². The molecule has 1 atom stereocenters. The second-order valence-corrected chi connectivity index (χ2v) is 14.5. The predicted molar refractivity (Wildman–Crippen MR) is 85.1 cm³/mol. The number of rotatable bonds is 2. The van der Waals surface area contributed by atoms with E-state index >= 15 is 0 Å². The molecule has 0 aromatic heterocycles. The molecule has 1 fully saturated rings. The maximum atomic E-state index is 4.63. The molecule has 0 spiro atoms.